The molecule has 6 nitrogen and oxygen atoms in total. The Morgan fingerprint density at radius 2 is 2.30 bits per heavy atom. The van der Waals surface area contributed by atoms with Gasteiger partial charge in [0.15, 0.2) is 0 Å². The highest BCUT2D eigenvalue weighted by Gasteiger charge is 2.45. The number of amides is 1. The number of esters is 1. The Morgan fingerprint density at radius 1 is 1.55 bits per heavy atom. The fourth-order valence-electron chi connectivity index (χ4n) is 2.54. The average molecular weight is 302 g/mol. The number of methoxy groups -OCH3 is 1. The molecule has 2 aliphatic rings. The Labute approximate surface area is 121 Å². The van der Waals surface area contributed by atoms with E-state index in [0.717, 1.165) is 5.57 Å². The molecule has 0 bridgehead atoms. The van der Waals surface area contributed by atoms with Crippen LogP contribution in [0, 0.1) is 11.8 Å². The molecule has 0 fully saturated rings. The summed E-state index contributed by atoms with van der Waals surface area (Å²) >= 11 is 5.91. The van der Waals surface area contributed by atoms with Crippen molar-refractivity contribution < 1.29 is 23.8 Å². The first-order chi connectivity index (χ1) is 9.62. The van der Waals surface area contributed by atoms with Gasteiger partial charge in [-0.1, -0.05) is 6.08 Å². The molecule has 2 rings (SSSR count). The summed E-state index contributed by atoms with van der Waals surface area (Å²) in [7, 11) is 2.78. The molecule has 0 saturated carbocycles. The number of fused-ring (bicyclic) bond motifs is 1. The number of carbonyl (C=O) groups excluding carboxylic acids is 2. The van der Waals surface area contributed by atoms with Crippen molar-refractivity contribution in [1.29, 1.82) is 0 Å². The van der Waals surface area contributed by atoms with Gasteiger partial charge in [0.2, 0.25) is 0 Å². The highest BCUT2D eigenvalue weighted by Crippen LogP contribution is 2.44. The van der Waals surface area contributed by atoms with Gasteiger partial charge in [0.05, 0.1) is 24.9 Å². The topological polar surface area (TPSA) is 73.9 Å². The Hall–Kier alpha value is -1.69. The SMILES string of the molecule is CNC(=O)O[C@@H]1OC=C(C(=O)OC)[C@H]2CC=C(CCl)[C@H]12. The molecule has 0 spiro atoms. The van der Waals surface area contributed by atoms with Gasteiger partial charge < -0.3 is 19.5 Å². The minimum absolute atomic E-state index is 0.139. The molecule has 0 aromatic rings. The summed E-state index contributed by atoms with van der Waals surface area (Å²) in [5.41, 5.74) is 1.34. The van der Waals surface area contributed by atoms with Crippen molar-refractivity contribution in [2.75, 3.05) is 20.0 Å². The first-order valence-corrected chi connectivity index (χ1v) is 6.73. The number of alkyl carbamates (subject to hydrolysis) is 1. The molecule has 1 aliphatic carbocycles. The van der Waals surface area contributed by atoms with Crippen LogP contribution in [0.1, 0.15) is 6.42 Å². The van der Waals surface area contributed by atoms with Gasteiger partial charge in [-0.05, 0) is 12.0 Å². The minimum Gasteiger partial charge on any atom is -0.466 e. The molecular formula is C13H16ClNO5. The van der Waals surface area contributed by atoms with E-state index in [4.69, 9.17) is 25.8 Å². The molecule has 20 heavy (non-hydrogen) atoms. The third-order valence-electron chi connectivity index (χ3n) is 3.52. The number of hydrogen-bond acceptors (Lipinski definition) is 5. The maximum Gasteiger partial charge on any atom is 0.409 e. The molecule has 1 amide bonds. The van der Waals surface area contributed by atoms with E-state index in [2.05, 4.69) is 5.32 Å². The molecule has 0 saturated heterocycles. The zero-order valence-corrected chi connectivity index (χ0v) is 12.0. The fraction of sp³-hybridized carbons (Fsp3) is 0.538. The number of rotatable bonds is 3. The van der Waals surface area contributed by atoms with Gasteiger partial charge in [-0.25, -0.2) is 9.59 Å². The third-order valence-corrected chi connectivity index (χ3v) is 3.83. The lowest BCUT2D eigenvalue weighted by molar-refractivity contribution is -0.141. The average Bonchev–Trinajstić information content (AvgIpc) is 2.91. The van der Waals surface area contributed by atoms with Crippen LogP contribution in [-0.4, -0.2) is 38.4 Å². The predicted molar refractivity (Wildman–Crippen MR) is 70.9 cm³/mol. The van der Waals surface area contributed by atoms with Crippen LogP contribution in [0.25, 0.3) is 0 Å². The standard InChI is InChI=1S/C13H16ClNO5/c1-15-13(17)20-12-10-7(5-14)3-4-8(10)9(6-19-12)11(16)18-2/h3,6,8,10,12H,4-5H2,1-2H3,(H,15,17)/t8-,10+,12+/m1/s1. The lowest BCUT2D eigenvalue weighted by Crippen LogP contribution is -2.40. The second kappa shape index (κ2) is 6.17. The van der Waals surface area contributed by atoms with Crippen LogP contribution in [0.4, 0.5) is 4.79 Å². The van der Waals surface area contributed by atoms with Gasteiger partial charge in [-0.2, -0.15) is 0 Å². The van der Waals surface area contributed by atoms with Crippen LogP contribution in [0.3, 0.4) is 0 Å². The summed E-state index contributed by atoms with van der Waals surface area (Å²) in [6, 6.07) is 0. The fourth-order valence-corrected chi connectivity index (χ4v) is 2.83. The van der Waals surface area contributed by atoms with E-state index in [1.54, 1.807) is 0 Å². The largest absolute Gasteiger partial charge is 0.466 e. The number of allylic oxidation sites excluding steroid dienone is 1. The van der Waals surface area contributed by atoms with E-state index in [1.807, 2.05) is 6.08 Å². The van der Waals surface area contributed by atoms with Crippen LogP contribution in [-0.2, 0) is 19.0 Å². The van der Waals surface area contributed by atoms with Gasteiger partial charge >= 0.3 is 12.1 Å². The van der Waals surface area contributed by atoms with Crippen molar-refractivity contribution in [3.05, 3.63) is 23.5 Å². The molecule has 1 aliphatic heterocycles. The van der Waals surface area contributed by atoms with E-state index in [9.17, 15) is 9.59 Å². The molecular weight excluding hydrogens is 286 g/mol. The number of halogens is 1. The lowest BCUT2D eigenvalue weighted by atomic mass is 9.84. The summed E-state index contributed by atoms with van der Waals surface area (Å²) in [6.45, 7) is 0. The van der Waals surface area contributed by atoms with Gasteiger partial charge in [0.1, 0.15) is 0 Å². The lowest BCUT2D eigenvalue weighted by Gasteiger charge is -2.33. The molecule has 1 heterocycles. The number of alkyl halides is 1. The van der Waals surface area contributed by atoms with Crippen molar-refractivity contribution in [2.45, 2.75) is 12.7 Å². The van der Waals surface area contributed by atoms with Crippen LogP contribution in [0.5, 0.6) is 0 Å². The first kappa shape index (κ1) is 14.7. The number of ether oxygens (including phenoxy) is 3. The van der Waals surface area contributed by atoms with E-state index < -0.39 is 18.4 Å². The molecule has 110 valence electrons. The smallest absolute Gasteiger partial charge is 0.409 e. The molecule has 0 aromatic carbocycles. The molecule has 3 atom stereocenters. The van der Waals surface area contributed by atoms with Gasteiger partial charge in [0, 0.05) is 18.8 Å². The van der Waals surface area contributed by atoms with Crippen LogP contribution < -0.4 is 5.32 Å². The molecule has 0 radical (unpaired) electrons. The van der Waals surface area contributed by atoms with E-state index >= 15 is 0 Å². The van der Waals surface area contributed by atoms with Crippen molar-refractivity contribution in [3.63, 3.8) is 0 Å². The second-order valence-electron chi connectivity index (χ2n) is 4.51. The highest BCUT2D eigenvalue weighted by atomic mass is 35.5. The zero-order chi connectivity index (χ0) is 14.7. The number of carbonyl (C=O) groups is 2. The van der Waals surface area contributed by atoms with Crippen molar-refractivity contribution >= 4 is 23.7 Å². The molecule has 1 N–H and O–H groups in total. The van der Waals surface area contributed by atoms with Crippen molar-refractivity contribution in [1.82, 2.24) is 5.32 Å². The second-order valence-corrected chi connectivity index (χ2v) is 4.77. The Morgan fingerprint density at radius 3 is 2.90 bits per heavy atom. The van der Waals surface area contributed by atoms with Gasteiger partial charge in [-0.15, -0.1) is 11.6 Å². The van der Waals surface area contributed by atoms with E-state index in [1.165, 1.54) is 20.4 Å². The number of nitrogens with one attached hydrogen (secondary N) is 1. The number of hydrogen-bond donors (Lipinski definition) is 1. The van der Waals surface area contributed by atoms with Crippen LogP contribution >= 0.6 is 11.6 Å². The van der Waals surface area contributed by atoms with Crippen molar-refractivity contribution in [3.8, 4) is 0 Å². The third kappa shape index (κ3) is 2.60. The van der Waals surface area contributed by atoms with Crippen molar-refractivity contribution in [2.24, 2.45) is 11.8 Å². The molecule has 7 heteroatoms. The quantitative estimate of drug-likeness (QED) is 0.486. The monoisotopic (exact) mass is 301 g/mol. The zero-order valence-electron chi connectivity index (χ0n) is 11.2. The molecule has 0 aromatic heterocycles. The van der Waals surface area contributed by atoms with Crippen LogP contribution in [0.2, 0.25) is 0 Å². The Bertz CT molecular complexity index is 473. The Kier molecular flexibility index (Phi) is 4.54. The van der Waals surface area contributed by atoms with Gasteiger partial charge in [0.25, 0.3) is 6.29 Å². The maximum atomic E-state index is 11.7. The van der Waals surface area contributed by atoms with Gasteiger partial charge in [-0.3, -0.25) is 0 Å². The maximum absolute atomic E-state index is 11.7. The highest BCUT2D eigenvalue weighted by molar-refractivity contribution is 6.19. The minimum atomic E-state index is -0.791. The summed E-state index contributed by atoms with van der Waals surface area (Å²) in [4.78, 5) is 23.1. The summed E-state index contributed by atoms with van der Waals surface area (Å²) < 4.78 is 15.3. The van der Waals surface area contributed by atoms with E-state index in [0.29, 0.717) is 17.9 Å². The normalized spacial score (nSPS) is 27.6. The predicted octanol–water partition coefficient (Wildman–Crippen LogP) is 1.56. The van der Waals surface area contributed by atoms with Crippen LogP contribution in [0.15, 0.2) is 23.5 Å². The summed E-state index contributed by atoms with van der Waals surface area (Å²) in [5.74, 6) is -0.543. The Balaban J connectivity index is 2.24. The first-order valence-electron chi connectivity index (χ1n) is 6.19. The summed E-state index contributed by atoms with van der Waals surface area (Å²) in [6.07, 6.45) is 2.52. The summed E-state index contributed by atoms with van der Waals surface area (Å²) in [5, 5.41) is 2.36. The van der Waals surface area contributed by atoms with E-state index in [-0.39, 0.29) is 11.8 Å². The molecule has 0 unspecified atom stereocenters.